The van der Waals surface area contributed by atoms with E-state index in [0.717, 1.165) is 21.6 Å². The van der Waals surface area contributed by atoms with Gasteiger partial charge in [-0.05, 0) is 24.6 Å². The smallest absolute Gasteiger partial charge is 0.351 e. The predicted octanol–water partition coefficient (Wildman–Crippen LogP) is 4.23. The molecule has 0 fully saturated rings. The summed E-state index contributed by atoms with van der Waals surface area (Å²) in [5.74, 6) is -1.18. The molecule has 0 saturated heterocycles. The molecule has 8 nitrogen and oxygen atoms in total. The Morgan fingerprint density at radius 3 is 2.56 bits per heavy atom. The summed E-state index contributed by atoms with van der Waals surface area (Å²) >= 11 is 1.15. The van der Waals surface area contributed by atoms with Crippen molar-refractivity contribution in [3.05, 3.63) is 83.0 Å². The fraction of sp³-hybridized carbons (Fsp3) is 0.167. The highest BCUT2D eigenvalue weighted by atomic mass is 32.1. The van der Waals surface area contributed by atoms with Crippen molar-refractivity contribution in [1.29, 1.82) is 0 Å². The Bertz CT molecular complexity index is 1380. The van der Waals surface area contributed by atoms with Crippen LogP contribution in [0.2, 0.25) is 0 Å². The zero-order valence-electron chi connectivity index (χ0n) is 18.9. The molecule has 0 bridgehead atoms. The summed E-state index contributed by atoms with van der Waals surface area (Å²) in [5, 5.41) is 10.8. The normalized spacial score (nSPS) is 12.2. The van der Waals surface area contributed by atoms with Crippen LogP contribution in [-0.2, 0) is 17.5 Å². The lowest BCUT2D eigenvalue weighted by atomic mass is 10.2. The van der Waals surface area contributed by atoms with E-state index in [1.165, 1.54) is 19.1 Å². The van der Waals surface area contributed by atoms with Crippen LogP contribution in [0, 0.1) is 0 Å². The van der Waals surface area contributed by atoms with E-state index in [4.69, 9.17) is 5.73 Å². The number of carbonyl (C=O) groups is 2. The first kappa shape index (κ1) is 25.1. The number of alkyl halides is 3. The fourth-order valence-electron chi connectivity index (χ4n) is 3.26. The number of nitrogens with zero attached hydrogens (tertiary/aromatic N) is 3. The van der Waals surface area contributed by atoms with E-state index in [2.05, 4.69) is 20.7 Å². The van der Waals surface area contributed by atoms with Crippen LogP contribution in [-0.4, -0.2) is 32.6 Å². The summed E-state index contributed by atoms with van der Waals surface area (Å²) in [6, 6.07) is 15.6. The molecule has 0 radical (unpaired) electrons. The summed E-state index contributed by atoms with van der Waals surface area (Å²) in [5.41, 5.74) is 6.26. The molecular weight excluding hydrogens is 493 g/mol. The Kier molecular flexibility index (Phi) is 7.17. The van der Waals surface area contributed by atoms with Gasteiger partial charge in [0.1, 0.15) is 5.69 Å². The summed E-state index contributed by atoms with van der Waals surface area (Å²) < 4.78 is 41.3. The zero-order chi connectivity index (χ0) is 25.9. The summed E-state index contributed by atoms with van der Waals surface area (Å²) in [6.07, 6.45) is -4.76. The highest BCUT2D eigenvalue weighted by Crippen LogP contribution is 2.30. The van der Waals surface area contributed by atoms with Gasteiger partial charge in [0, 0.05) is 23.6 Å². The van der Waals surface area contributed by atoms with Crippen LogP contribution >= 0.6 is 11.3 Å². The summed E-state index contributed by atoms with van der Waals surface area (Å²) in [7, 11) is 0. The van der Waals surface area contributed by atoms with Gasteiger partial charge in [0.15, 0.2) is 10.8 Å². The molecule has 0 aliphatic heterocycles. The standard InChI is InChI=1S/C24H21F3N6O2S/c1-14(28)21(34)29-12-15-6-5-9-17(10-15)33-19(11-20(32-33)24(25,26)27)22(35)31-23-30-18(13-36-23)16-7-3-2-4-8-16/h2-11,13-14H,12,28H2,1H3,(H,29,34)(H,30,31,35)/t14-/m0/s1. The number of nitrogens with one attached hydrogen (secondary N) is 2. The Morgan fingerprint density at radius 1 is 1.11 bits per heavy atom. The third kappa shape index (κ3) is 5.78. The highest BCUT2D eigenvalue weighted by molar-refractivity contribution is 7.14. The van der Waals surface area contributed by atoms with Crippen LogP contribution in [0.3, 0.4) is 0 Å². The molecule has 0 aliphatic carbocycles. The number of hydrogen-bond acceptors (Lipinski definition) is 6. The summed E-state index contributed by atoms with van der Waals surface area (Å²) in [4.78, 5) is 29.1. The topological polar surface area (TPSA) is 115 Å². The third-order valence-electron chi connectivity index (χ3n) is 5.06. The molecule has 0 unspecified atom stereocenters. The predicted molar refractivity (Wildman–Crippen MR) is 130 cm³/mol. The molecule has 2 amide bonds. The molecule has 186 valence electrons. The second kappa shape index (κ2) is 10.3. The van der Waals surface area contributed by atoms with Crippen LogP contribution in [0.1, 0.15) is 28.7 Å². The number of aromatic nitrogens is 3. The van der Waals surface area contributed by atoms with E-state index in [-0.39, 0.29) is 29.0 Å². The Labute approximate surface area is 208 Å². The molecular formula is C24H21F3N6O2S. The lowest BCUT2D eigenvalue weighted by molar-refractivity contribution is -0.141. The fourth-order valence-corrected chi connectivity index (χ4v) is 3.98. The molecule has 4 rings (SSSR count). The second-order valence-electron chi connectivity index (χ2n) is 7.86. The van der Waals surface area contributed by atoms with E-state index in [1.807, 2.05) is 30.3 Å². The van der Waals surface area contributed by atoms with Crippen molar-refractivity contribution in [1.82, 2.24) is 20.1 Å². The van der Waals surface area contributed by atoms with Crippen LogP contribution in [0.5, 0.6) is 0 Å². The van der Waals surface area contributed by atoms with Crippen molar-refractivity contribution in [3.63, 3.8) is 0 Å². The van der Waals surface area contributed by atoms with E-state index in [0.29, 0.717) is 17.3 Å². The number of rotatable bonds is 7. The van der Waals surface area contributed by atoms with Gasteiger partial charge in [-0.15, -0.1) is 11.3 Å². The van der Waals surface area contributed by atoms with Gasteiger partial charge >= 0.3 is 6.18 Å². The maximum absolute atomic E-state index is 13.5. The van der Waals surface area contributed by atoms with Crippen molar-refractivity contribution in [2.75, 3.05) is 5.32 Å². The molecule has 1 atom stereocenters. The van der Waals surface area contributed by atoms with Crippen molar-refractivity contribution in [2.24, 2.45) is 5.73 Å². The average Bonchev–Trinajstić information content (AvgIpc) is 3.51. The number of anilines is 1. The number of thiazole rings is 1. The van der Waals surface area contributed by atoms with Gasteiger partial charge in [0.2, 0.25) is 5.91 Å². The number of nitrogens with two attached hydrogens (primary N) is 1. The van der Waals surface area contributed by atoms with Crippen molar-refractivity contribution >= 4 is 28.3 Å². The van der Waals surface area contributed by atoms with Gasteiger partial charge in [-0.3, -0.25) is 14.9 Å². The lowest BCUT2D eigenvalue weighted by Crippen LogP contribution is -2.37. The summed E-state index contributed by atoms with van der Waals surface area (Å²) in [6.45, 7) is 1.63. The molecule has 4 N–H and O–H groups in total. The number of halogens is 3. The Hall–Kier alpha value is -4.03. The zero-order valence-corrected chi connectivity index (χ0v) is 19.7. The van der Waals surface area contributed by atoms with Crippen LogP contribution in [0.4, 0.5) is 18.3 Å². The minimum Gasteiger partial charge on any atom is -0.351 e. The second-order valence-corrected chi connectivity index (χ2v) is 8.72. The van der Waals surface area contributed by atoms with E-state index < -0.39 is 23.8 Å². The van der Waals surface area contributed by atoms with Gasteiger partial charge in [-0.2, -0.15) is 18.3 Å². The quantitative estimate of drug-likeness (QED) is 0.342. The molecule has 0 spiro atoms. The van der Waals surface area contributed by atoms with Gasteiger partial charge in [-0.25, -0.2) is 9.67 Å². The van der Waals surface area contributed by atoms with Gasteiger partial charge < -0.3 is 11.1 Å². The van der Waals surface area contributed by atoms with Crippen molar-refractivity contribution in [2.45, 2.75) is 25.7 Å². The molecule has 4 aromatic rings. The van der Waals surface area contributed by atoms with Gasteiger partial charge in [0.25, 0.3) is 5.91 Å². The SMILES string of the molecule is C[C@H](N)C(=O)NCc1cccc(-n2nc(C(F)(F)F)cc2C(=O)Nc2nc(-c3ccccc3)cs2)c1. The average molecular weight is 515 g/mol. The van der Waals surface area contributed by atoms with Gasteiger partial charge in [-0.1, -0.05) is 42.5 Å². The third-order valence-corrected chi connectivity index (χ3v) is 5.82. The molecule has 2 aromatic carbocycles. The molecule has 2 aromatic heterocycles. The van der Waals surface area contributed by atoms with Crippen LogP contribution < -0.4 is 16.4 Å². The highest BCUT2D eigenvalue weighted by Gasteiger charge is 2.36. The molecule has 0 aliphatic rings. The van der Waals surface area contributed by atoms with Gasteiger partial charge in [0.05, 0.1) is 17.4 Å². The monoisotopic (exact) mass is 514 g/mol. The Balaban J connectivity index is 1.62. The van der Waals surface area contributed by atoms with Crippen molar-refractivity contribution in [3.8, 4) is 16.9 Å². The molecule has 36 heavy (non-hydrogen) atoms. The number of amides is 2. The molecule has 0 saturated carbocycles. The van der Waals surface area contributed by atoms with Crippen LogP contribution in [0.15, 0.2) is 66.0 Å². The Morgan fingerprint density at radius 2 is 1.86 bits per heavy atom. The minimum atomic E-state index is -4.76. The van der Waals surface area contributed by atoms with E-state index in [1.54, 1.807) is 17.5 Å². The molecule has 12 heteroatoms. The van der Waals surface area contributed by atoms with E-state index in [9.17, 15) is 22.8 Å². The number of hydrogen-bond donors (Lipinski definition) is 3. The largest absolute Gasteiger partial charge is 0.435 e. The first-order valence-electron chi connectivity index (χ1n) is 10.7. The minimum absolute atomic E-state index is 0.102. The maximum atomic E-state index is 13.5. The molecule has 2 heterocycles. The van der Waals surface area contributed by atoms with Crippen LogP contribution in [0.25, 0.3) is 16.9 Å². The van der Waals surface area contributed by atoms with E-state index >= 15 is 0 Å². The lowest BCUT2D eigenvalue weighted by Gasteiger charge is -2.11. The first-order chi connectivity index (χ1) is 17.1. The number of benzene rings is 2. The van der Waals surface area contributed by atoms with Crippen molar-refractivity contribution < 1.29 is 22.8 Å². The number of carbonyl (C=O) groups excluding carboxylic acids is 2. The first-order valence-corrected chi connectivity index (χ1v) is 11.6. The maximum Gasteiger partial charge on any atom is 0.435 e.